The Hall–Kier alpha value is -0.940. The minimum absolute atomic E-state index is 0.225. The quantitative estimate of drug-likeness (QED) is 0.782. The van der Waals surface area contributed by atoms with Crippen molar-refractivity contribution in [2.45, 2.75) is 51.6 Å². The van der Waals surface area contributed by atoms with Gasteiger partial charge in [0, 0.05) is 25.1 Å². The molecule has 5 heteroatoms. The van der Waals surface area contributed by atoms with Crippen LogP contribution in [0.4, 0.5) is 0 Å². The Morgan fingerprint density at radius 2 is 2.24 bits per heavy atom. The normalized spacial score (nSPS) is 16.1. The molecule has 1 heterocycles. The number of rotatable bonds is 7. The first-order valence-electron chi connectivity index (χ1n) is 6.38. The molecule has 1 aromatic rings. The standard InChI is InChI=1S/C12H21N3O2/c1-9(2)15(6-3-7-16)8-11-13-12(17-14-11)10-4-5-10/h9-10,16H,3-8H2,1-2H3. The average molecular weight is 239 g/mol. The topological polar surface area (TPSA) is 62.4 Å². The number of hydrogen-bond acceptors (Lipinski definition) is 5. The highest BCUT2D eigenvalue weighted by atomic mass is 16.5. The smallest absolute Gasteiger partial charge is 0.229 e. The van der Waals surface area contributed by atoms with E-state index >= 15 is 0 Å². The molecule has 0 spiro atoms. The summed E-state index contributed by atoms with van der Waals surface area (Å²) in [7, 11) is 0. The van der Waals surface area contributed by atoms with Crippen molar-refractivity contribution >= 4 is 0 Å². The van der Waals surface area contributed by atoms with Crippen molar-refractivity contribution in [3.05, 3.63) is 11.7 Å². The lowest BCUT2D eigenvalue weighted by molar-refractivity contribution is 0.179. The van der Waals surface area contributed by atoms with E-state index in [4.69, 9.17) is 9.63 Å². The molecule has 1 saturated carbocycles. The van der Waals surface area contributed by atoms with E-state index in [1.807, 2.05) is 0 Å². The van der Waals surface area contributed by atoms with Gasteiger partial charge in [-0.05, 0) is 33.1 Å². The third-order valence-corrected chi connectivity index (χ3v) is 3.09. The average Bonchev–Trinajstić information content (AvgIpc) is 3.05. The fourth-order valence-corrected chi connectivity index (χ4v) is 1.80. The van der Waals surface area contributed by atoms with Gasteiger partial charge >= 0.3 is 0 Å². The van der Waals surface area contributed by atoms with Gasteiger partial charge in [0.25, 0.3) is 0 Å². The molecular weight excluding hydrogens is 218 g/mol. The van der Waals surface area contributed by atoms with E-state index in [0.29, 0.717) is 18.5 Å². The highest BCUT2D eigenvalue weighted by Crippen LogP contribution is 2.38. The van der Waals surface area contributed by atoms with Crippen molar-refractivity contribution in [1.82, 2.24) is 15.0 Å². The van der Waals surface area contributed by atoms with Gasteiger partial charge in [0.05, 0.1) is 6.54 Å². The van der Waals surface area contributed by atoms with E-state index in [0.717, 1.165) is 24.7 Å². The molecule has 1 fully saturated rings. The summed E-state index contributed by atoms with van der Waals surface area (Å²) in [6.45, 7) is 6.07. The minimum Gasteiger partial charge on any atom is -0.396 e. The first kappa shape index (κ1) is 12.5. The maximum Gasteiger partial charge on any atom is 0.229 e. The second kappa shape index (κ2) is 5.60. The largest absolute Gasteiger partial charge is 0.396 e. The van der Waals surface area contributed by atoms with Crippen molar-refractivity contribution < 1.29 is 9.63 Å². The van der Waals surface area contributed by atoms with Crippen molar-refractivity contribution in [2.75, 3.05) is 13.2 Å². The highest BCUT2D eigenvalue weighted by Gasteiger charge is 2.29. The van der Waals surface area contributed by atoms with E-state index in [1.54, 1.807) is 0 Å². The highest BCUT2D eigenvalue weighted by molar-refractivity contribution is 5.01. The van der Waals surface area contributed by atoms with Crippen molar-refractivity contribution in [1.29, 1.82) is 0 Å². The number of nitrogens with zero attached hydrogens (tertiary/aromatic N) is 3. The van der Waals surface area contributed by atoms with Gasteiger partial charge in [0.15, 0.2) is 5.82 Å². The van der Waals surface area contributed by atoms with E-state index in [9.17, 15) is 0 Å². The van der Waals surface area contributed by atoms with E-state index in [1.165, 1.54) is 12.8 Å². The van der Waals surface area contributed by atoms with Crippen LogP contribution in [-0.4, -0.2) is 39.3 Å². The monoisotopic (exact) mass is 239 g/mol. The lowest BCUT2D eigenvalue weighted by Gasteiger charge is -2.24. The van der Waals surface area contributed by atoms with Crippen LogP contribution in [-0.2, 0) is 6.54 Å². The minimum atomic E-state index is 0.225. The second-order valence-corrected chi connectivity index (χ2v) is 4.96. The fraction of sp³-hybridized carbons (Fsp3) is 0.833. The molecule has 0 amide bonds. The van der Waals surface area contributed by atoms with Gasteiger partial charge in [-0.2, -0.15) is 4.98 Å². The number of hydrogen-bond donors (Lipinski definition) is 1. The Labute approximate surface area is 102 Å². The molecule has 1 N–H and O–H groups in total. The zero-order valence-corrected chi connectivity index (χ0v) is 10.6. The third-order valence-electron chi connectivity index (χ3n) is 3.09. The molecule has 0 aromatic carbocycles. The molecule has 0 saturated heterocycles. The van der Waals surface area contributed by atoms with Gasteiger partial charge in [-0.15, -0.1) is 0 Å². The van der Waals surface area contributed by atoms with Crippen molar-refractivity contribution in [2.24, 2.45) is 0 Å². The van der Waals surface area contributed by atoms with Crippen LogP contribution in [0.2, 0.25) is 0 Å². The molecule has 1 aliphatic carbocycles. The summed E-state index contributed by atoms with van der Waals surface area (Å²) in [6.07, 6.45) is 3.14. The van der Waals surface area contributed by atoms with Crippen molar-refractivity contribution in [3.63, 3.8) is 0 Å². The Kier molecular flexibility index (Phi) is 4.12. The maximum atomic E-state index is 8.87. The van der Waals surface area contributed by atoms with E-state index < -0.39 is 0 Å². The summed E-state index contributed by atoms with van der Waals surface area (Å²) in [4.78, 5) is 6.67. The molecule has 0 unspecified atom stereocenters. The first-order chi connectivity index (χ1) is 8.20. The Bertz CT molecular complexity index is 347. The van der Waals surface area contributed by atoms with Crippen LogP contribution in [0.15, 0.2) is 4.52 Å². The molecule has 5 nitrogen and oxygen atoms in total. The summed E-state index contributed by atoms with van der Waals surface area (Å²) in [5.74, 6) is 2.07. The maximum absolute atomic E-state index is 8.87. The van der Waals surface area contributed by atoms with Crippen LogP contribution in [0.25, 0.3) is 0 Å². The van der Waals surface area contributed by atoms with Crippen LogP contribution >= 0.6 is 0 Å². The molecule has 0 atom stereocenters. The third kappa shape index (κ3) is 3.51. The van der Waals surface area contributed by atoms with Gasteiger partial charge in [-0.3, -0.25) is 4.90 Å². The predicted molar refractivity (Wildman–Crippen MR) is 63.5 cm³/mol. The summed E-state index contributed by atoms with van der Waals surface area (Å²) >= 11 is 0. The molecule has 1 aliphatic rings. The van der Waals surface area contributed by atoms with Crippen LogP contribution < -0.4 is 0 Å². The van der Waals surface area contributed by atoms with E-state index in [2.05, 4.69) is 28.9 Å². The molecule has 0 aliphatic heterocycles. The number of aliphatic hydroxyl groups is 1. The summed E-state index contributed by atoms with van der Waals surface area (Å²) in [5, 5.41) is 12.9. The lowest BCUT2D eigenvalue weighted by Crippen LogP contribution is -2.32. The van der Waals surface area contributed by atoms with E-state index in [-0.39, 0.29) is 6.61 Å². The molecule has 1 aromatic heterocycles. The van der Waals surface area contributed by atoms with Crippen LogP contribution in [0.3, 0.4) is 0 Å². The summed E-state index contributed by atoms with van der Waals surface area (Å²) in [5.41, 5.74) is 0. The summed E-state index contributed by atoms with van der Waals surface area (Å²) < 4.78 is 5.24. The predicted octanol–water partition coefficient (Wildman–Crippen LogP) is 1.54. The number of aromatic nitrogens is 2. The lowest BCUT2D eigenvalue weighted by atomic mass is 10.3. The van der Waals surface area contributed by atoms with Crippen LogP contribution in [0.5, 0.6) is 0 Å². The molecule has 96 valence electrons. The van der Waals surface area contributed by atoms with Crippen LogP contribution in [0.1, 0.15) is 50.7 Å². The number of aliphatic hydroxyl groups excluding tert-OH is 1. The van der Waals surface area contributed by atoms with Gasteiger partial charge < -0.3 is 9.63 Å². The summed E-state index contributed by atoms with van der Waals surface area (Å²) in [6, 6.07) is 0.421. The molecular formula is C12H21N3O2. The molecule has 17 heavy (non-hydrogen) atoms. The zero-order chi connectivity index (χ0) is 12.3. The van der Waals surface area contributed by atoms with Gasteiger partial charge in [0.1, 0.15) is 0 Å². The van der Waals surface area contributed by atoms with Crippen molar-refractivity contribution in [3.8, 4) is 0 Å². The first-order valence-corrected chi connectivity index (χ1v) is 6.38. The van der Waals surface area contributed by atoms with Gasteiger partial charge in [-0.1, -0.05) is 5.16 Å². The molecule has 0 bridgehead atoms. The van der Waals surface area contributed by atoms with Gasteiger partial charge in [-0.25, -0.2) is 0 Å². The SMILES string of the molecule is CC(C)N(CCCO)Cc1noc(C2CC2)n1. The molecule has 2 rings (SSSR count). The second-order valence-electron chi connectivity index (χ2n) is 4.96. The Morgan fingerprint density at radius 3 is 2.82 bits per heavy atom. The zero-order valence-electron chi connectivity index (χ0n) is 10.6. The molecule has 0 radical (unpaired) electrons. The van der Waals surface area contributed by atoms with Crippen LogP contribution in [0, 0.1) is 0 Å². The van der Waals surface area contributed by atoms with Gasteiger partial charge in [0.2, 0.25) is 5.89 Å². The fourth-order valence-electron chi connectivity index (χ4n) is 1.80. The Balaban J connectivity index is 1.90. The Morgan fingerprint density at radius 1 is 1.47 bits per heavy atom.